The van der Waals surface area contributed by atoms with E-state index in [9.17, 15) is 39.9 Å². The molecule has 19 nitrogen and oxygen atoms in total. The maximum atomic E-state index is 14.3. The Balaban J connectivity index is 1.02. The summed E-state index contributed by atoms with van der Waals surface area (Å²) in [5.74, 6) is -3.62. The van der Waals surface area contributed by atoms with Gasteiger partial charge in [-0.25, -0.2) is 0 Å². The monoisotopic (exact) mass is 940 g/mol. The number of aromatic hydroxyl groups is 3. The molecule has 0 aromatic heterocycles. The first-order valence-corrected chi connectivity index (χ1v) is 23.4. The van der Waals surface area contributed by atoms with Crippen LogP contribution in [0.5, 0.6) is 17.2 Å². The normalized spacial score (nSPS) is 40.8. The number of fused-ring (bicyclic) bond motifs is 5. The highest BCUT2D eigenvalue weighted by molar-refractivity contribution is 6.31. The molecule has 7 aliphatic rings. The van der Waals surface area contributed by atoms with E-state index in [0.717, 1.165) is 0 Å². The van der Waals surface area contributed by atoms with E-state index in [4.69, 9.17) is 42.6 Å². The number of phenolic OH excluding ortho intramolecular Hbond substituents is 3. The third-order valence-corrected chi connectivity index (χ3v) is 15.0. The van der Waals surface area contributed by atoms with E-state index in [-0.39, 0.29) is 66.2 Å². The lowest BCUT2D eigenvalue weighted by Crippen LogP contribution is -2.62. The molecule has 5 N–H and O–H groups in total. The summed E-state index contributed by atoms with van der Waals surface area (Å²) in [6.45, 7) is 8.84. The molecule has 0 radical (unpaired) electrons. The number of ketones is 3. The summed E-state index contributed by atoms with van der Waals surface area (Å²) in [5, 5.41) is 59.3. The predicted octanol–water partition coefficient (Wildman–Crippen LogP) is 3.11. The van der Waals surface area contributed by atoms with Crippen molar-refractivity contribution in [3.05, 3.63) is 51.6 Å². The topological polar surface area (TPSA) is 242 Å². The lowest BCUT2D eigenvalue weighted by atomic mass is 9.70. The second kappa shape index (κ2) is 18.3. The lowest BCUT2D eigenvalue weighted by Gasteiger charge is -2.51. The van der Waals surface area contributed by atoms with Crippen LogP contribution in [0.1, 0.15) is 128 Å². The number of hydrogen-bond acceptors (Lipinski definition) is 19. The van der Waals surface area contributed by atoms with Crippen LogP contribution in [0.15, 0.2) is 18.2 Å². The van der Waals surface area contributed by atoms with Crippen molar-refractivity contribution in [1.29, 1.82) is 0 Å². The number of nitrogens with zero attached hydrogens (tertiary/aromatic N) is 2. The van der Waals surface area contributed by atoms with Crippen LogP contribution >= 0.6 is 0 Å². The fourth-order valence-corrected chi connectivity index (χ4v) is 11.3. The SMILES string of the molecule is CC[C@@]1(O)C[C@H](O[C@H]2C[C@H](N(C)C)[C@H](O[C@H]3C[C@@H]4O[C@@H]5CC(=O)[C@H](C)O[C@@H]5O[C@@H]4[C@H](C)O3)[C@H](C)O2)c2c(O)c3c(c(O)c2[C@H]1O[C@H]1C[C@H](N(C)C)[C@H](O)[C@H](C)O1)C(=O)c1cccc(O)c1C3=O. The number of Topliss-reactive ketones (excluding diaryl/α,β-unsaturated/α-hetero) is 1. The van der Waals surface area contributed by atoms with Crippen LogP contribution < -0.4 is 0 Å². The van der Waals surface area contributed by atoms with Gasteiger partial charge in [0.1, 0.15) is 47.8 Å². The second-order valence-corrected chi connectivity index (χ2v) is 19.7. The molecule has 19 heteroatoms. The van der Waals surface area contributed by atoms with Crippen molar-refractivity contribution in [2.75, 3.05) is 28.2 Å². The minimum Gasteiger partial charge on any atom is -0.507 e. The van der Waals surface area contributed by atoms with E-state index in [0.29, 0.717) is 6.42 Å². The molecular formula is C48H64N2O17. The molecule has 0 bridgehead atoms. The molecule has 5 fully saturated rings. The van der Waals surface area contributed by atoms with Crippen LogP contribution in [-0.2, 0) is 47.4 Å². The van der Waals surface area contributed by atoms with Gasteiger partial charge in [0.25, 0.3) is 0 Å². The first kappa shape index (κ1) is 48.4. The van der Waals surface area contributed by atoms with Crippen LogP contribution in [0.2, 0.25) is 0 Å². The molecule has 2 aromatic carbocycles. The Hall–Kier alpha value is -3.67. The van der Waals surface area contributed by atoms with Crippen molar-refractivity contribution in [3.63, 3.8) is 0 Å². The van der Waals surface area contributed by atoms with Gasteiger partial charge in [0.15, 0.2) is 36.7 Å². The number of phenols is 3. The predicted molar refractivity (Wildman–Crippen MR) is 232 cm³/mol. The van der Waals surface area contributed by atoms with Crippen LogP contribution in [-0.4, -0.2) is 179 Å². The van der Waals surface area contributed by atoms with Crippen molar-refractivity contribution >= 4 is 17.3 Å². The van der Waals surface area contributed by atoms with Gasteiger partial charge < -0.3 is 78.0 Å². The molecule has 67 heavy (non-hydrogen) atoms. The summed E-state index contributed by atoms with van der Waals surface area (Å²) in [7, 11) is 7.41. The summed E-state index contributed by atoms with van der Waals surface area (Å²) in [6.07, 6.45) is -10.6. The van der Waals surface area contributed by atoms with Crippen molar-refractivity contribution in [3.8, 4) is 17.2 Å². The average molecular weight is 941 g/mol. The standard InChI is InChI=1S/C48H64N2O17/c1-10-48(58)18-30(64-31-15-25(50(8)9)44(21(4)60-31)65-33-17-28-45(22(5)61-33)67-47-29(63-28)16-27(52)19(2)62-47)35-38(46(48)66-32-14-24(49(6)7)39(53)20(3)59-32)43(57)36-37(42(35)56)41(55)34-23(40(36)54)12-11-13-26(34)51/h11-13,19-22,24-25,28-33,39,44-47,51,53,56-58H,10,14-18H2,1-9H3/t19-,20-,21-,22-,24-,25-,28-,29+,30-,31-,32-,33-,39+,44+,45+,46+,47+,48+/m0/s1. The van der Waals surface area contributed by atoms with Gasteiger partial charge in [-0.05, 0) is 68.4 Å². The number of aliphatic hydroxyl groups is 2. The van der Waals surface area contributed by atoms with Crippen LogP contribution in [0, 0.1) is 0 Å². The Labute approximate surface area is 389 Å². The molecule has 2 aromatic rings. The summed E-state index contributed by atoms with van der Waals surface area (Å²) < 4.78 is 57.6. The molecular weight excluding hydrogens is 877 g/mol. The van der Waals surface area contributed by atoms with Gasteiger partial charge in [-0.2, -0.15) is 0 Å². The van der Waals surface area contributed by atoms with Gasteiger partial charge in [0.05, 0.1) is 58.9 Å². The molecule has 9 rings (SSSR count). The zero-order chi connectivity index (χ0) is 48.1. The fraction of sp³-hybridized carbons (Fsp3) is 0.688. The number of carbonyl (C=O) groups excluding carboxylic acids is 3. The van der Waals surface area contributed by atoms with Crippen LogP contribution in [0.25, 0.3) is 0 Å². The lowest BCUT2D eigenvalue weighted by molar-refractivity contribution is -0.371. The first-order valence-electron chi connectivity index (χ1n) is 23.4. The van der Waals surface area contributed by atoms with E-state index < -0.39 is 144 Å². The van der Waals surface area contributed by atoms with Gasteiger partial charge in [0, 0.05) is 60.9 Å². The number of likely N-dealkylation sites (N-methyl/N-ethyl adjacent to an activating group) is 2. The molecule has 5 saturated heterocycles. The minimum absolute atomic E-state index is 0.0400. The van der Waals surface area contributed by atoms with E-state index in [2.05, 4.69) is 0 Å². The Morgan fingerprint density at radius 2 is 1.33 bits per heavy atom. The summed E-state index contributed by atoms with van der Waals surface area (Å²) >= 11 is 0. The first-order chi connectivity index (χ1) is 31.7. The Bertz CT molecular complexity index is 2260. The quantitative estimate of drug-likeness (QED) is 0.194. The number of hydrogen-bond donors (Lipinski definition) is 5. The zero-order valence-electron chi connectivity index (χ0n) is 39.3. The van der Waals surface area contributed by atoms with Gasteiger partial charge in [-0.3, -0.25) is 14.4 Å². The molecule has 0 amide bonds. The van der Waals surface area contributed by atoms with Crippen molar-refractivity contribution in [1.82, 2.24) is 9.80 Å². The smallest absolute Gasteiger partial charge is 0.202 e. The highest BCUT2D eigenvalue weighted by Gasteiger charge is 2.56. The Morgan fingerprint density at radius 1 is 0.701 bits per heavy atom. The van der Waals surface area contributed by atoms with Crippen LogP contribution in [0.4, 0.5) is 0 Å². The van der Waals surface area contributed by atoms with E-state index >= 15 is 0 Å². The van der Waals surface area contributed by atoms with Gasteiger partial charge >= 0.3 is 0 Å². The average Bonchev–Trinajstić information content (AvgIpc) is 3.26. The van der Waals surface area contributed by atoms with Crippen molar-refractivity contribution in [2.24, 2.45) is 0 Å². The molecule has 5 aliphatic heterocycles. The van der Waals surface area contributed by atoms with Gasteiger partial charge in [-0.15, -0.1) is 0 Å². The number of aliphatic hydroxyl groups excluding tert-OH is 1. The van der Waals surface area contributed by atoms with Gasteiger partial charge in [-0.1, -0.05) is 19.1 Å². The highest BCUT2D eigenvalue weighted by Crippen LogP contribution is 2.58. The number of rotatable bonds is 9. The summed E-state index contributed by atoms with van der Waals surface area (Å²) in [6, 6.07) is 3.25. The van der Waals surface area contributed by atoms with E-state index in [1.807, 2.05) is 51.8 Å². The molecule has 0 unspecified atom stereocenters. The Morgan fingerprint density at radius 3 is 2.03 bits per heavy atom. The summed E-state index contributed by atoms with van der Waals surface area (Å²) in [4.78, 5) is 44.8. The molecule has 0 spiro atoms. The summed E-state index contributed by atoms with van der Waals surface area (Å²) in [5.41, 5.74) is -3.62. The van der Waals surface area contributed by atoms with E-state index in [1.54, 1.807) is 20.8 Å². The molecule has 18 atom stereocenters. The maximum absolute atomic E-state index is 14.3. The Kier molecular flexibility index (Phi) is 13.2. The number of carbonyl (C=O) groups is 3. The fourth-order valence-electron chi connectivity index (χ4n) is 11.3. The zero-order valence-corrected chi connectivity index (χ0v) is 39.3. The maximum Gasteiger partial charge on any atom is 0.202 e. The van der Waals surface area contributed by atoms with Crippen molar-refractivity contribution in [2.45, 2.75) is 183 Å². The van der Waals surface area contributed by atoms with Crippen molar-refractivity contribution < 1.29 is 82.5 Å². The molecule has 368 valence electrons. The third-order valence-electron chi connectivity index (χ3n) is 15.0. The van der Waals surface area contributed by atoms with Crippen LogP contribution in [0.3, 0.4) is 0 Å². The second-order valence-electron chi connectivity index (χ2n) is 19.7. The van der Waals surface area contributed by atoms with Gasteiger partial charge in [0.2, 0.25) is 5.78 Å². The highest BCUT2D eigenvalue weighted by atomic mass is 16.8. The number of benzene rings is 2. The number of ether oxygens (including phenoxy) is 9. The minimum atomic E-state index is -1.83. The third kappa shape index (κ3) is 8.40. The molecule has 2 aliphatic carbocycles. The molecule has 5 heterocycles. The van der Waals surface area contributed by atoms with E-state index in [1.165, 1.54) is 18.2 Å². The molecule has 0 saturated carbocycles. The largest absolute Gasteiger partial charge is 0.507 e.